The molecule has 0 N–H and O–H groups in total. The van der Waals surface area contributed by atoms with Crippen molar-refractivity contribution in [3.8, 4) is 0 Å². The van der Waals surface area contributed by atoms with Crippen LogP contribution < -0.4 is 9.80 Å². The van der Waals surface area contributed by atoms with Gasteiger partial charge >= 0.3 is 0 Å². The van der Waals surface area contributed by atoms with Gasteiger partial charge in [0.25, 0.3) is 0 Å². The molecule has 4 rings (SSSR count). The average Bonchev–Trinajstić information content (AvgIpc) is 3.11. The van der Waals surface area contributed by atoms with Gasteiger partial charge in [-0.05, 0) is 53.1 Å². The highest BCUT2D eigenvalue weighted by Crippen LogP contribution is 2.29. The van der Waals surface area contributed by atoms with Crippen LogP contribution in [0, 0.1) is 0 Å². The molecule has 0 amide bonds. The van der Waals surface area contributed by atoms with Crippen LogP contribution in [0.4, 0.5) is 17.1 Å². The second kappa shape index (κ2) is 7.04. The molecular weight excluding hydrogens is 318 g/mol. The summed E-state index contributed by atoms with van der Waals surface area (Å²) >= 11 is 0. The van der Waals surface area contributed by atoms with Crippen LogP contribution in [-0.2, 0) is 13.1 Å². The highest BCUT2D eigenvalue weighted by Gasteiger charge is 2.18. The molecule has 1 heterocycles. The number of nitrogens with zero attached hydrogens (tertiary/aromatic N) is 3. The van der Waals surface area contributed by atoms with E-state index in [2.05, 4.69) is 87.6 Å². The fourth-order valence-corrected chi connectivity index (χ4v) is 3.27. The SMILES string of the molecule is CN(C)c1ccc(C=Nc2ccc(N3Cc4ccccc4C3)cc2)cc1. The third-order valence-electron chi connectivity index (χ3n) is 4.83. The van der Waals surface area contributed by atoms with E-state index in [0.717, 1.165) is 24.3 Å². The molecule has 0 saturated carbocycles. The Morgan fingerprint density at radius 2 is 1.42 bits per heavy atom. The monoisotopic (exact) mass is 341 g/mol. The zero-order valence-electron chi connectivity index (χ0n) is 15.3. The van der Waals surface area contributed by atoms with Crippen LogP contribution in [0.25, 0.3) is 0 Å². The lowest BCUT2D eigenvalue weighted by Gasteiger charge is -2.17. The molecule has 0 fully saturated rings. The Morgan fingerprint density at radius 3 is 2.00 bits per heavy atom. The lowest BCUT2D eigenvalue weighted by molar-refractivity contribution is 0.880. The van der Waals surface area contributed by atoms with E-state index in [1.807, 2.05) is 20.3 Å². The van der Waals surface area contributed by atoms with Crippen molar-refractivity contribution in [2.24, 2.45) is 4.99 Å². The van der Waals surface area contributed by atoms with E-state index in [1.165, 1.54) is 22.5 Å². The molecule has 0 spiro atoms. The van der Waals surface area contributed by atoms with E-state index in [4.69, 9.17) is 0 Å². The van der Waals surface area contributed by atoms with Crippen molar-refractivity contribution < 1.29 is 0 Å². The van der Waals surface area contributed by atoms with E-state index >= 15 is 0 Å². The van der Waals surface area contributed by atoms with Gasteiger partial charge in [-0.25, -0.2) is 0 Å². The third-order valence-corrected chi connectivity index (χ3v) is 4.83. The van der Waals surface area contributed by atoms with Crippen LogP contribution in [0.1, 0.15) is 16.7 Å². The summed E-state index contributed by atoms with van der Waals surface area (Å²) in [5, 5.41) is 0. The molecule has 3 aromatic carbocycles. The van der Waals surface area contributed by atoms with Gasteiger partial charge in [-0.1, -0.05) is 36.4 Å². The van der Waals surface area contributed by atoms with Crippen molar-refractivity contribution in [1.82, 2.24) is 0 Å². The minimum Gasteiger partial charge on any atom is -0.378 e. The molecule has 0 saturated heterocycles. The highest BCUT2D eigenvalue weighted by molar-refractivity contribution is 5.82. The highest BCUT2D eigenvalue weighted by atomic mass is 15.1. The van der Waals surface area contributed by atoms with E-state index in [1.54, 1.807) is 0 Å². The molecule has 3 aromatic rings. The first kappa shape index (κ1) is 16.4. The van der Waals surface area contributed by atoms with Crippen molar-refractivity contribution >= 4 is 23.3 Å². The topological polar surface area (TPSA) is 18.8 Å². The van der Waals surface area contributed by atoms with Crippen LogP contribution in [0.2, 0.25) is 0 Å². The summed E-state index contributed by atoms with van der Waals surface area (Å²) in [7, 11) is 4.09. The number of hydrogen-bond acceptors (Lipinski definition) is 3. The molecule has 0 aliphatic carbocycles. The molecule has 1 aliphatic rings. The Kier molecular flexibility index (Phi) is 4.44. The van der Waals surface area contributed by atoms with Crippen LogP contribution in [0.3, 0.4) is 0 Å². The van der Waals surface area contributed by atoms with E-state index in [-0.39, 0.29) is 0 Å². The molecule has 0 bridgehead atoms. The third kappa shape index (κ3) is 3.47. The summed E-state index contributed by atoms with van der Waals surface area (Å²) < 4.78 is 0. The molecule has 0 radical (unpaired) electrons. The van der Waals surface area contributed by atoms with Gasteiger partial charge in [0.2, 0.25) is 0 Å². The van der Waals surface area contributed by atoms with Crippen LogP contribution >= 0.6 is 0 Å². The number of hydrogen-bond donors (Lipinski definition) is 0. The maximum absolute atomic E-state index is 4.60. The van der Waals surface area contributed by atoms with Crippen molar-refractivity contribution in [1.29, 1.82) is 0 Å². The van der Waals surface area contributed by atoms with Gasteiger partial charge in [0, 0.05) is 44.8 Å². The van der Waals surface area contributed by atoms with Crippen LogP contribution in [0.15, 0.2) is 77.8 Å². The second-order valence-corrected chi connectivity index (χ2v) is 6.89. The van der Waals surface area contributed by atoms with E-state index in [0.29, 0.717) is 0 Å². The lowest BCUT2D eigenvalue weighted by atomic mass is 10.1. The summed E-state index contributed by atoms with van der Waals surface area (Å²) in [6, 6.07) is 25.6. The summed E-state index contributed by atoms with van der Waals surface area (Å²) in [5.74, 6) is 0. The van der Waals surface area contributed by atoms with Crippen molar-refractivity contribution in [3.63, 3.8) is 0 Å². The first-order chi connectivity index (χ1) is 12.7. The van der Waals surface area contributed by atoms with Crippen LogP contribution in [-0.4, -0.2) is 20.3 Å². The Labute approximate surface area is 155 Å². The fourth-order valence-electron chi connectivity index (χ4n) is 3.27. The zero-order valence-corrected chi connectivity index (χ0v) is 15.3. The predicted octanol–water partition coefficient (Wildman–Crippen LogP) is 5.02. The second-order valence-electron chi connectivity index (χ2n) is 6.89. The average molecular weight is 341 g/mol. The van der Waals surface area contributed by atoms with Gasteiger partial charge in [-0.2, -0.15) is 0 Å². The fraction of sp³-hybridized carbons (Fsp3) is 0.174. The Hall–Kier alpha value is -3.07. The summed E-state index contributed by atoms with van der Waals surface area (Å²) in [5.41, 5.74) is 7.37. The van der Waals surface area contributed by atoms with Gasteiger partial charge in [-0.15, -0.1) is 0 Å². The first-order valence-electron chi connectivity index (χ1n) is 8.92. The summed E-state index contributed by atoms with van der Waals surface area (Å²) in [4.78, 5) is 9.10. The van der Waals surface area contributed by atoms with Gasteiger partial charge in [0.15, 0.2) is 0 Å². The number of fused-ring (bicyclic) bond motifs is 1. The molecule has 26 heavy (non-hydrogen) atoms. The Balaban J connectivity index is 1.43. The normalized spacial score (nSPS) is 13.2. The molecule has 0 atom stereocenters. The minimum atomic E-state index is 0.974. The number of aliphatic imine (C=N–C) groups is 1. The standard InChI is InChI=1S/C23H23N3/c1-25(2)22-11-7-18(8-12-22)15-24-21-9-13-23(14-10-21)26-16-19-5-3-4-6-20(19)17-26/h3-15H,16-17H2,1-2H3. The van der Waals surface area contributed by atoms with Crippen molar-refractivity contribution in [2.45, 2.75) is 13.1 Å². The first-order valence-corrected chi connectivity index (χ1v) is 8.92. The number of rotatable bonds is 4. The maximum atomic E-state index is 4.60. The summed E-state index contributed by atoms with van der Waals surface area (Å²) in [6.07, 6.45) is 1.92. The molecule has 0 aromatic heterocycles. The molecule has 3 heteroatoms. The number of benzene rings is 3. The van der Waals surface area contributed by atoms with Gasteiger partial charge in [0.05, 0.1) is 5.69 Å². The van der Waals surface area contributed by atoms with Crippen LogP contribution in [0.5, 0.6) is 0 Å². The minimum absolute atomic E-state index is 0.974. The zero-order chi connectivity index (χ0) is 17.9. The van der Waals surface area contributed by atoms with Crippen molar-refractivity contribution in [2.75, 3.05) is 23.9 Å². The smallest absolute Gasteiger partial charge is 0.0631 e. The van der Waals surface area contributed by atoms with Crippen molar-refractivity contribution in [3.05, 3.63) is 89.5 Å². The summed E-state index contributed by atoms with van der Waals surface area (Å²) in [6.45, 7) is 1.97. The van der Waals surface area contributed by atoms with E-state index < -0.39 is 0 Å². The Morgan fingerprint density at radius 1 is 0.808 bits per heavy atom. The van der Waals surface area contributed by atoms with Gasteiger partial charge < -0.3 is 9.80 Å². The van der Waals surface area contributed by atoms with Gasteiger partial charge in [0.1, 0.15) is 0 Å². The quantitative estimate of drug-likeness (QED) is 0.620. The largest absolute Gasteiger partial charge is 0.378 e. The van der Waals surface area contributed by atoms with Gasteiger partial charge in [-0.3, -0.25) is 4.99 Å². The Bertz CT molecular complexity index is 884. The molecule has 0 unspecified atom stereocenters. The lowest BCUT2D eigenvalue weighted by Crippen LogP contribution is -2.13. The van der Waals surface area contributed by atoms with E-state index in [9.17, 15) is 0 Å². The maximum Gasteiger partial charge on any atom is 0.0631 e. The molecule has 3 nitrogen and oxygen atoms in total. The molecular formula is C23H23N3. The number of anilines is 2. The molecule has 1 aliphatic heterocycles. The predicted molar refractivity (Wildman–Crippen MR) is 111 cm³/mol. The molecule has 130 valence electrons.